The van der Waals surface area contributed by atoms with Gasteiger partial charge in [0.05, 0.1) is 0 Å². The van der Waals surface area contributed by atoms with Gasteiger partial charge >= 0.3 is 0 Å². The van der Waals surface area contributed by atoms with E-state index in [-0.39, 0.29) is 0 Å². The second-order valence-corrected chi connectivity index (χ2v) is 2.93. The fourth-order valence-corrected chi connectivity index (χ4v) is 1.42. The predicted octanol–water partition coefficient (Wildman–Crippen LogP) is 2.06. The molecule has 0 aliphatic carbocycles. The third-order valence-corrected chi connectivity index (χ3v) is 2.12. The Bertz CT molecular complexity index is 184. The highest BCUT2D eigenvalue weighted by Gasteiger charge is 1.90. The number of hydrogen-bond acceptors (Lipinski definition) is 2. The predicted molar refractivity (Wildman–Crippen MR) is 53.4 cm³/mol. The van der Waals surface area contributed by atoms with Crippen molar-refractivity contribution in [2.45, 2.75) is 20.3 Å². The van der Waals surface area contributed by atoms with E-state index in [1.54, 1.807) is 11.3 Å². The van der Waals surface area contributed by atoms with Crippen LogP contribution in [-0.4, -0.2) is 13.0 Å². The Kier molecular flexibility index (Phi) is 7.70. The Balaban J connectivity index is 0.000000561. The van der Waals surface area contributed by atoms with Gasteiger partial charge in [0, 0.05) is 11.4 Å². The van der Waals surface area contributed by atoms with Gasteiger partial charge in [-0.25, -0.2) is 0 Å². The molecule has 0 radical (unpaired) electrons. The van der Waals surface area contributed by atoms with Crippen LogP contribution in [0.5, 0.6) is 0 Å². The van der Waals surface area contributed by atoms with Crippen LogP contribution in [0.2, 0.25) is 0 Å². The summed E-state index contributed by atoms with van der Waals surface area (Å²) in [5, 5.41) is 4.65. The molecule has 2 nitrogen and oxygen atoms in total. The van der Waals surface area contributed by atoms with Crippen molar-refractivity contribution in [2.75, 3.05) is 6.54 Å². The van der Waals surface area contributed by atoms with Gasteiger partial charge in [0.1, 0.15) is 0 Å². The Morgan fingerprint density at radius 3 is 2.83 bits per heavy atom. The zero-order chi connectivity index (χ0) is 9.23. The van der Waals surface area contributed by atoms with Crippen LogP contribution in [0.15, 0.2) is 17.5 Å². The third-order valence-electron chi connectivity index (χ3n) is 1.18. The molecule has 1 heterocycles. The van der Waals surface area contributed by atoms with Gasteiger partial charge in [-0.3, -0.25) is 4.79 Å². The molecule has 1 aromatic rings. The van der Waals surface area contributed by atoms with Crippen molar-refractivity contribution in [3.63, 3.8) is 0 Å². The molecule has 0 spiro atoms. The van der Waals surface area contributed by atoms with Crippen molar-refractivity contribution in [1.82, 2.24) is 5.32 Å². The summed E-state index contributed by atoms with van der Waals surface area (Å²) in [4.78, 5) is 11.1. The second-order valence-electron chi connectivity index (χ2n) is 1.90. The molecule has 1 aromatic heterocycles. The largest absolute Gasteiger partial charge is 0.358 e. The number of nitrogens with one attached hydrogen (secondary N) is 1. The van der Waals surface area contributed by atoms with Crippen LogP contribution in [0.1, 0.15) is 18.7 Å². The van der Waals surface area contributed by atoms with Crippen LogP contribution in [0.25, 0.3) is 0 Å². The number of rotatable bonds is 4. The molecule has 12 heavy (non-hydrogen) atoms. The zero-order valence-corrected chi connectivity index (χ0v) is 8.36. The molecule has 68 valence electrons. The number of carbonyl (C=O) groups excluding carboxylic acids is 1. The molecule has 0 aromatic carbocycles. The fraction of sp³-hybridized carbons (Fsp3) is 0.444. The van der Waals surface area contributed by atoms with E-state index >= 15 is 0 Å². The van der Waals surface area contributed by atoms with E-state index in [9.17, 15) is 4.79 Å². The number of thiophene rings is 1. The smallest absolute Gasteiger partial charge is 0.207 e. The van der Waals surface area contributed by atoms with E-state index in [1.165, 1.54) is 4.88 Å². The molecule has 1 rings (SSSR count). The molecule has 0 aliphatic rings. The fourth-order valence-electron chi connectivity index (χ4n) is 0.709. The van der Waals surface area contributed by atoms with E-state index in [2.05, 4.69) is 11.4 Å². The number of hydrogen-bond donors (Lipinski definition) is 1. The molecule has 0 unspecified atom stereocenters. The molecule has 0 saturated heterocycles. The first-order valence-electron chi connectivity index (χ1n) is 4.13. The molecule has 1 N–H and O–H groups in total. The molecule has 1 amide bonds. The van der Waals surface area contributed by atoms with Crippen molar-refractivity contribution in [1.29, 1.82) is 0 Å². The lowest BCUT2D eigenvalue weighted by Crippen LogP contribution is -2.13. The average molecular weight is 185 g/mol. The molecule has 0 bridgehead atoms. The maximum absolute atomic E-state index is 9.83. The van der Waals surface area contributed by atoms with Gasteiger partial charge in [-0.05, 0) is 17.9 Å². The summed E-state index contributed by atoms with van der Waals surface area (Å²) in [6, 6.07) is 4.08. The Morgan fingerprint density at radius 2 is 2.33 bits per heavy atom. The first-order chi connectivity index (χ1) is 5.93. The minimum atomic E-state index is 0.730. The number of amides is 1. The molecule has 3 heteroatoms. The summed E-state index contributed by atoms with van der Waals surface area (Å²) in [5.74, 6) is 0. The summed E-state index contributed by atoms with van der Waals surface area (Å²) in [7, 11) is 0. The molecular formula is C9H15NOS. The van der Waals surface area contributed by atoms with Crippen molar-refractivity contribution in [2.24, 2.45) is 0 Å². The monoisotopic (exact) mass is 185 g/mol. The normalized spacial score (nSPS) is 8.17. The summed E-state index contributed by atoms with van der Waals surface area (Å²) < 4.78 is 0. The summed E-state index contributed by atoms with van der Waals surface area (Å²) in [6.07, 6.45) is 1.67. The van der Waals surface area contributed by atoms with Crippen molar-refractivity contribution in [3.8, 4) is 0 Å². The van der Waals surface area contributed by atoms with Crippen molar-refractivity contribution in [3.05, 3.63) is 22.4 Å². The van der Waals surface area contributed by atoms with Crippen LogP contribution < -0.4 is 5.32 Å². The van der Waals surface area contributed by atoms with Crippen molar-refractivity contribution >= 4 is 17.7 Å². The quantitative estimate of drug-likeness (QED) is 0.564. The van der Waals surface area contributed by atoms with Gasteiger partial charge in [0.15, 0.2) is 0 Å². The first kappa shape index (κ1) is 11.2. The number of carbonyl (C=O) groups is 1. The highest BCUT2D eigenvalue weighted by molar-refractivity contribution is 7.09. The van der Waals surface area contributed by atoms with E-state index in [1.807, 2.05) is 25.3 Å². The van der Waals surface area contributed by atoms with Crippen LogP contribution in [0.3, 0.4) is 0 Å². The summed E-state index contributed by atoms with van der Waals surface area (Å²) in [5.41, 5.74) is 0. The van der Waals surface area contributed by atoms with Gasteiger partial charge in [0.2, 0.25) is 6.41 Å². The van der Waals surface area contributed by atoms with Crippen LogP contribution in [0.4, 0.5) is 0 Å². The van der Waals surface area contributed by atoms with E-state index < -0.39 is 0 Å². The standard InChI is InChI=1S/C7H9NOS.C2H6/c9-6-8-4-3-7-2-1-5-10-7;1-2/h1-2,5-6H,3-4H2,(H,8,9);1-2H3. The molecule has 0 saturated carbocycles. The Hall–Kier alpha value is -0.830. The zero-order valence-electron chi connectivity index (χ0n) is 7.54. The molecule has 0 atom stereocenters. The first-order valence-corrected chi connectivity index (χ1v) is 5.01. The van der Waals surface area contributed by atoms with Crippen molar-refractivity contribution < 1.29 is 4.79 Å². The van der Waals surface area contributed by atoms with E-state index in [0.29, 0.717) is 0 Å². The highest BCUT2D eigenvalue weighted by Crippen LogP contribution is 2.07. The van der Waals surface area contributed by atoms with Gasteiger partial charge in [0.25, 0.3) is 0 Å². The topological polar surface area (TPSA) is 29.1 Å². The van der Waals surface area contributed by atoms with Gasteiger partial charge in [-0.15, -0.1) is 11.3 Å². The summed E-state index contributed by atoms with van der Waals surface area (Å²) in [6.45, 7) is 4.74. The minimum absolute atomic E-state index is 0.730. The maximum atomic E-state index is 9.83. The van der Waals surface area contributed by atoms with Crippen LogP contribution in [-0.2, 0) is 11.2 Å². The van der Waals surface area contributed by atoms with Crippen LogP contribution in [0, 0.1) is 0 Å². The van der Waals surface area contributed by atoms with Gasteiger partial charge in [-0.1, -0.05) is 19.9 Å². The Labute approximate surface area is 77.6 Å². The highest BCUT2D eigenvalue weighted by atomic mass is 32.1. The lowest BCUT2D eigenvalue weighted by Gasteiger charge is -1.93. The van der Waals surface area contributed by atoms with E-state index in [4.69, 9.17) is 0 Å². The molecular weight excluding hydrogens is 170 g/mol. The van der Waals surface area contributed by atoms with Gasteiger partial charge < -0.3 is 5.32 Å². The van der Waals surface area contributed by atoms with Gasteiger partial charge in [-0.2, -0.15) is 0 Å². The Morgan fingerprint density at radius 1 is 1.58 bits per heavy atom. The lowest BCUT2D eigenvalue weighted by molar-refractivity contribution is -0.109. The molecule has 0 fully saturated rings. The van der Waals surface area contributed by atoms with E-state index in [0.717, 1.165) is 19.4 Å². The third kappa shape index (κ3) is 4.91. The SMILES string of the molecule is CC.O=CNCCc1cccs1. The average Bonchev–Trinajstić information content (AvgIpc) is 2.61. The minimum Gasteiger partial charge on any atom is -0.358 e. The maximum Gasteiger partial charge on any atom is 0.207 e. The van der Waals surface area contributed by atoms with Crippen LogP contribution >= 0.6 is 11.3 Å². The summed E-state index contributed by atoms with van der Waals surface area (Å²) >= 11 is 1.72. The lowest BCUT2D eigenvalue weighted by atomic mass is 10.3. The second kappa shape index (κ2) is 8.27. The molecule has 0 aliphatic heterocycles.